The van der Waals surface area contributed by atoms with E-state index < -0.39 is 17.7 Å². The molecule has 2 aromatic carbocycles. The van der Waals surface area contributed by atoms with Crippen molar-refractivity contribution in [3.63, 3.8) is 0 Å². The van der Waals surface area contributed by atoms with Crippen molar-refractivity contribution in [3.05, 3.63) is 70.3 Å². The molecule has 0 fully saturated rings. The number of alkyl halides is 3. The number of allylic oxidation sites excluding steroid dienone is 1. The predicted molar refractivity (Wildman–Crippen MR) is 94.7 cm³/mol. The molecule has 26 heavy (non-hydrogen) atoms. The predicted octanol–water partition coefficient (Wildman–Crippen LogP) is 5.24. The third-order valence-corrected chi connectivity index (χ3v) is 5.09. The number of hydrogen-bond donors (Lipinski definition) is 1. The van der Waals surface area contributed by atoms with Gasteiger partial charge in [-0.25, -0.2) is 4.79 Å². The van der Waals surface area contributed by atoms with E-state index in [-0.39, 0.29) is 6.61 Å². The lowest BCUT2D eigenvalue weighted by atomic mass is 10.2. The van der Waals surface area contributed by atoms with Crippen LogP contribution < -0.4 is 5.32 Å². The average molecular weight is 379 g/mol. The standard InChI is InChI=1S/C19H16F3NO2S/c1-12-17(18(24)25-10-9-13-5-3-2-4-6-13)26-16-8-7-14(19(20,21)22)11-15(16)23-12/h2-8,11,23H,9-10H2,1H3. The van der Waals surface area contributed by atoms with Crippen LogP contribution in [-0.4, -0.2) is 12.6 Å². The molecule has 0 aliphatic carbocycles. The second-order valence-electron chi connectivity index (χ2n) is 5.76. The Labute approximate surface area is 153 Å². The molecule has 0 aromatic heterocycles. The first-order valence-electron chi connectivity index (χ1n) is 7.92. The Bertz CT molecular complexity index is 848. The molecule has 0 bridgehead atoms. The molecule has 1 aliphatic heterocycles. The largest absolute Gasteiger partial charge is 0.461 e. The molecule has 1 aliphatic rings. The first kappa shape index (κ1) is 18.4. The number of benzene rings is 2. The molecular weight excluding hydrogens is 363 g/mol. The summed E-state index contributed by atoms with van der Waals surface area (Å²) in [6, 6.07) is 13.0. The molecule has 0 amide bonds. The van der Waals surface area contributed by atoms with E-state index in [2.05, 4.69) is 5.32 Å². The van der Waals surface area contributed by atoms with Crippen LogP contribution >= 0.6 is 11.8 Å². The van der Waals surface area contributed by atoms with Gasteiger partial charge in [0, 0.05) is 17.0 Å². The maximum absolute atomic E-state index is 12.8. The molecule has 2 aromatic rings. The van der Waals surface area contributed by atoms with Gasteiger partial charge in [-0.1, -0.05) is 42.1 Å². The van der Waals surface area contributed by atoms with Gasteiger partial charge in [0.25, 0.3) is 0 Å². The zero-order chi connectivity index (χ0) is 18.7. The number of nitrogens with one attached hydrogen (secondary N) is 1. The van der Waals surface area contributed by atoms with Crippen molar-refractivity contribution in [2.75, 3.05) is 11.9 Å². The van der Waals surface area contributed by atoms with Crippen molar-refractivity contribution in [2.45, 2.75) is 24.4 Å². The maximum Gasteiger partial charge on any atom is 0.416 e. The molecule has 0 saturated carbocycles. The molecule has 3 nitrogen and oxygen atoms in total. The monoisotopic (exact) mass is 379 g/mol. The van der Waals surface area contributed by atoms with Crippen LogP contribution in [0.1, 0.15) is 18.1 Å². The van der Waals surface area contributed by atoms with Gasteiger partial charge in [0.1, 0.15) is 4.91 Å². The minimum Gasteiger partial charge on any atom is -0.461 e. The third-order valence-electron chi connectivity index (χ3n) is 3.83. The van der Waals surface area contributed by atoms with Crippen molar-refractivity contribution in [1.82, 2.24) is 0 Å². The fourth-order valence-electron chi connectivity index (χ4n) is 2.50. The number of fused-ring (bicyclic) bond motifs is 1. The summed E-state index contributed by atoms with van der Waals surface area (Å²) in [6.45, 7) is 1.88. The zero-order valence-corrected chi connectivity index (χ0v) is 14.7. The van der Waals surface area contributed by atoms with Crippen LogP contribution in [0.4, 0.5) is 18.9 Å². The molecule has 0 radical (unpaired) electrons. The van der Waals surface area contributed by atoms with Gasteiger partial charge in [-0.2, -0.15) is 13.2 Å². The van der Waals surface area contributed by atoms with Gasteiger partial charge in [0.05, 0.1) is 17.9 Å². The van der Waals surface area contributed by atoms with Gasteiger partial charge in [-0.05, 0) is 30.7 Å². The van der Waals surface area contributed by atoms with E-state index >= 15 is 0 Å². The fourth-order valence-corrected chi connectivity index (χ4v) is 3.43. The highest BCUT2D eigenvalue weighted by atomic mass is 32.2. The summed E-state index contributed by atoms with van der Waals surface area (Å²) < 4.78 is 43.8. The van der Waals surface area contributed by atoms with Crippen molar-refractivity contribution < 1.29 is 22.7 Å². The summed E-state index contributed by atoms with van der Waals surface area (Å²) in [4.78, 5) is 13.2. The number of carbonyl (C=O) groups is 1. The highest BCUT2D eigenvalue weighted by Gasteiger charge is 2.32. The number of thioether (sulfide) groups is 1. The first-order valence-corrected chi connectivity index (χ1v) is 8.74. The van der Waals surface area contributed by atoms with Gasteiger partial charge < -0.3 is 10.1 Å². The third kappa shape index (κ3) is 4.22. The SMILES string of the molecule is CC1=C(C(=O)OCCc2ccccc2)Sc2ccc(C(F)(F)F)cc2N1. The van der Waals surface area contributed by atoms with Crippen LogP contribution in [0, 0.1) is 0 Å². The van der Waals surface area contributed by atoms with E-state index in [9.17, 15) is 18.0 Å². The van der Waals surface area contributed by atoms with E-state index in [1.54, 1.807) is 6.92 Å². The lowest BCUT2D eigenvalue weighted by molar-refractivity contribution is -0.138. The number of ether oxygens (including phenoxy) is 1. The topological polar surface area (TPSA) is 38.3 Å². The van der Waals surface area contributed by atoms with Crippen LogP contribution in [0.5, 0.6) is 0 Å². The highest BCUT2D eigenvalue weighted by Crippen LogP contribution is 2.42. The molecule has 0 unspecified atom stereocenters. The smallest absolute Gasteiger partial charge is 0.416 e. The normalized spacial score (nSPS) is 13.8. The van der Waals surface area contributed by atoms with Gasteiger partial charge in [0.2, 0.25) is 0 Å². The molecule has 0 saturated heterocycles. The van der Waals surface area contributed by atoms with Crippen molar-refractivity contribution in [2.24, 2.45) is 0 Å². The Balaban J connectivity index is 1.66. The Kier molecular flexibility index (Phi) is 5.27. The number of esters is 1. The van der Waals surface area contributed by atoms with Gasteiger partial charge in [-0.15, -0.1) is 0 Å². The molecule has 136 valence electrons. The second-order valence-corrected chi connectivity index (χ2v) is 6.81. The summed E-state index contributed by atoms with van der Waals surface area (Å²) in [5.41, 5.74) is 1.14. The van der Waals surface area contributed by atoms with E-state index in [1.807, 2.05) is 30.3 Å². The molecule has 0 spiro atoms. The summed E-state index contributed by atoms with van der Waals surface area (Å²) in [5, 5.41) is 2.87. The summed E-state index contributed by atoms with van der Waals surface area (Å²) in [6.07, 6.45) is -3.81. The zero-order valence-electron chi connectivity index (χ0n) is 13.9. The van der Waals surface area contributed by atoms with E-state index in [1.165, 1.54) is 6.07 Å². The Morgan fingerprint density at radius 2 is 1.88 bits per heavy atom. The van der Waals surface area contributed by atoms with Crippen LogP contribution in [0.2, 0.25) is 0 Å². The summed E-state index contributed by atoms with van der Waals surface area (Å²) >= 11 is 1.11. The second kappa shape index (κ2) is 7.45. The number of carbonyl (C=O) groups excluding carboxylic acids is 1. The average Bonchev–Trinajstić information content (AvgIpc) is 2.60. The molecule has 3 rings (SSSR count). The summed E-state index contributed by atoms with van der Waals surface area (Å²) in [7, 11) is 0. The van der Waals surface area contributed by atoms with E-state index in [4.69, 9.17) is 4.74 Å². The number of anilines is 1. The lowest BCUT2D eigenvalue weighted by Crippen LogP contribution is -2.16. The first-order chi connectivity index (χ1) is 12.3. The van der Waals surface area contributed by atoms with Crippen LogP contribution in [0.25, 0.3) is 0 Å². The molecule has 1 N–H and O–H groups in total. The van der Waals surface area contributed by atoms with Crippen molar-refractivity contribution in [3.8, 4) is 0 Å². The number of hydrogen-bond acceptors (Lipinski definition) is 4. The van der Waals surface area contributed by atoms with E-state index in [0.717, 1.165) is 29.5 Å². The van der Waals surface area contributed by atoms with E-state index in [0.29, 0.717) is 27.6 Å². The molecule has 7 heteroatoms. The number of rotatable bonds is 4. The molecule has 0 atom stereocenters. The fraction of sp³-hybridized carbons (Fsp3) is 0.211. The Hall–Kier alpha value is -2.41. The number of halogens is 3. The highest BCUT2D eigenvalue weighted by molar-refractivity contribution is 8.04. The van der Waals surface area contributed by atoms with Gasteiger partial charge in [-0.3, -0.25) is 0 Å². The van der Waals surface area contributed by atoms with Crippen LogP contribution in [0.15, 0.2) is 64.0 Å². The van der Waals surface area contributed by atoms with Crippen LogP contribution in [-0.2, 0) is 22.1 Å². The quantitative estimate of drug-likeness (QED) is 0.738. The van der Waals surface area contributed by atoms with Gasteiger partial charge in [0.15, 0.2) is 0 Å². The Morgan fingerprint density at radius 1 is 1.15 bits per heavy atom. The lowest BCUT2D eigenvalue weighted by Gasteiger charge is -2.22. The Morgan fingerprint density at radius 3 is 2.58 bits per heavy atom. The minimum absolute atomic E-state index is 0.236. The molecular formula is C19H16F3NO2S. The van der Waals surface area contributed by atoms with Crippen LogP contribution in [0.3, 0.4) is 0 Å². The maximum atomic E-state index is 12.8. The molecule has 1 heterocycles. The van der Waals surface area contributed by atoms with Gasteiger partial charge >= 0.3 is 12.1 Å². The van der Waals surface area contributed by atoms with Crippen molar-refractivity contribution >= 4 is 23.4 Å². The summed E-state index contributed by atoms with van der Waals surface area (Å²) in [5.74, 6) is -0.485. The minimum atomic E-state index is -4.41. The van der Waals surface area contributed by atoms with Crippen molar-refractivity contribution in [1.29, 1.82) is 0 Å².